The van der Waals surface area contributed by atoms with Crippen LogP contribution in [0, 0.1) is 0 Å². The summed E-state index contributed by atoms with van der Waals surface area (Å²) in [6, 6.07) is 19.8. The zero-order chi connectivity index (χ0) is 23.2. The Morgan fingerprint density at radius 1 is 0.550 bits per heavy atom. The van der Waals surface area contributed by atoms with E-state index < -0.39 is 0 Å². The second-order valence-corrected chi connectivity index (χ2v) is 9.95. The molecule has 0 saturated carbocycles. The van der Waals surface area contributed by atoms with Gasteiger partial charge in [-0.05, 0) is 71.5 Å². The third-order valence-corrected chi connectivity index (χ3v) is 7.66. The van der Waals surface area contributed by atoms with Crippen LogP contribution in [0.15, 0.2) is 54.6 Å². The van der Waals surface area contributed by atoms with Crippen LogP contribution in [-0.2, 0) is 0 Å². The standard InChI is InChI=1S/C29H30N6.ClH.4H3N.4H2/c1-3-16-34(17-4-1)28-31-27(32-29(33-28)35-18-5-2-6-19-35)30-24-15-13-22-11-10-20-8-7-9-21-12-14-23(24)26(22)25(20)21;;;;;;;;;/h7-15H,1-6,16-19H2,(H,30,31,32,33);1H;4*1H3;4*1H. The van der Waals surface area contributed by atoms with E-state index in [2.05, 4.69) is 69.7 Å². The molecule has 0 unspecified atom stereocenters. The maximum absolute atomic E-state index is 4.94. The molecule has 0 aliphatic carbocycles. The number of hydrogen-bond acceptors (Lipinski definition) is 10. The fourth-order valence-electron chi connectivity index (χ4n) is 5.85. The van der Waals surface area contributed by atoms with Gasteiger partial charge in [0.05, 0.1) is 0 Å². The first-order valence-corrected chi connectivity index (χ1v) is 13.0. The van der Waals surface area contributed by atoms with Crippen molar-refractivity contribution in [3.63, 3.8) is 0 Å². The fraction of sp³-hybridized carbons (Fsp3) is 0.345. The van der Waals surface area contributed by atoms with Crippen LogP contribution in [0.2, 0.25) is 0 Å². The van der Waals surface area contributed by atoms with E-state index in [0.717, 1.165) is 43.8 Å². The van der Waals surface area contributed by atoms with Crippen molar-refractivity contribution in [1.29, 1.82) is 0 Å². The number of nitrogens with zero attached hydrogens (tertiary/aromatic N) is 5. The quantitative estimate of drug-likeness (QED) is 0.129. The number of piperidine rings is 2. The summed E-state index contributed by atoms with van der Waals surface area (Å²) < 4.78 is 0. The van der Waals surface area contributed by atoms with Crippen LogP contribution in [0.4, 0.5) is 23.5 Å². The summed E-state index contributed by atoms with van der Waals surface area (Å²) >= 11 is 0. The minimum atomic E-state index is 0. The summed E-state index contributed by atoms with van der Waals surface area (Å²) in [5.41, 5.74) is 1.04. The summed E-state index contributed by atoms with van der Waals surface area (Å²) in [4.78, 5) is 19.4. The minimum Gasteiger partial charge on any atom is -0.344 e. The molecule has 0 atom stereocenters. The smallest absolute Gasteiger partial charge is 0.233 e. The lowest BCUT2D eigenvalue weighted by atomic mass is 9.93. The second-order valence-electron chi connectivity index (χ2n) is 9.95. The molecule has 2 fully saturated rings. The normalized spacial score (nSPS) is 14.9. The molecule has 10 nitrogen and oxygen atoms in total. The van der Waals surface area contributed by atoms with Crippen molar-refractivity contribution in [2.45, 2.75) is 38.5 Å². The first kappa shape index (κ1) is 32.7. The Balaban J connectivity index is -0.00000187. The molecule has 224 valence electrons. The third kappa shape index (κ3) is 5.81. The number of aromatic nitrogens is 3. The van der Waals surface area contributed by atoms with E-state index in [0.29, 0.717) is 5.95 Å². The Hall–Kier alpha value is -3.54. The van der Waals surface area contributed by atoms with Gasteiger partial charge in [-0.15, -0.1) is 12.4 Å². The molecule has 2 saturated heterocycles. The van der Waals surface area contributed by atoms with Crippen LogP contribution in [0.3, 0.4) is 0 Å². The molecule has 5 aromatic rings. The topological polar surface area (TPSA) is 197 Å². The molecule has 0 bridgehead atoms. The molecule has 0 spiro atoms. The maximum atomic E-state index is 4.94. The molecule has 2 aliphatic heterocycles. The highest BCUT2D eigenvalue weighted by Crippen LogP contribution is 2.38. The zero-order valence-corrected chi connectivity index (χ0v) is 24.1. The Morgan fingerprint density at radius 2 is 1.02 bits per heavy atom. The first-order valence-electron chi connectivity index (χ1n) is 13.0. The van der Waals surface area contributed by atoms with Crippen molar-refractivity contribution in [3.8, 4) is 0 Å². The first-order chi connectivity index (χ1) is 17.3. The van der Waals surface area contributed by atoms with Gasteiger partial charge < -0.3 is 39.7 Å². The maximum Gasteiger partial charge on any atom is 0.233 e. The summed E-state index contributed by atoms with van der Waals surface area (Å²) in [7, 11) is 0. The van der Waals surface area contributed by atoms with Gasteiger partial charge in [-0.25, -0.2) is 0 Å². The third-order valence-electron chi connectivity index (χ3n) is 7.66. The second kappa shape index (κ2) is 13.7. The predicted molar refractivity (Wildman–Crippen MR) is 181 cm³/mol. The van der Waals surface area contributed by atoms with Crippen molar-refractivity contribution in [2.75, 3.05) is 41.3 Å². The van der Waals surface area contributed by atoms with Gasteiger partial charge in [0.2, 0.25) is 17.8 Å². The average molecular weight is 575 g/mol. The van der Waals surface area contributed by atoms with E-state index in [1.807, 2.05) is 0 Å². The van der Waals surface area contributed by atoms with E-state index in [-0.39, 0.29) is 42.7 Å². The van der Waals surface area contributed by atoms with E-state index in [1.54, 1.807) is 0 Å². The molecule has 7 rings (SSSR count). The molecule has 1 aromatic heterocycles. The average Bonchev–Trinajstić information content (AvgIpc) is 2.93. The van der Waals surface area contributed by atoms with Crippen molar-refractivity contribution in [1.82, 2.24) is 39.6 Å². The highest BCUT2D eigenvalue weighted by Gasteiger charge is 2.21. The monoisotopic (exact) mass is 574 g/mol. The number of nitrogens with one attached hydrogen (secondary N) is 1. The zero-order valence-electron chi connectivity index (χ0n) is 23.2. The lowest BCUT2D eigenvalue weighted by molar-refractivity contribution is 0.556. The molecular weight excluding hydrogens is 524 g/mol. The number of halogens is 1. The highest BCUT2D eigenvalue weighted by molar-refractivity contribution is 6.25. The summed E-state index contributed by atoms with van der Waals surface area (Å²) in [6.45, 7) is 4.06. The van der Waals surface area contributed by atoms with Crippen LogP contribution in [0.1, 0.15) is 44.2 Å². The van der Waals surface area contributed by atoms with Crippen molar-refractivity contribution >= 4 is 68.3 Å². The Kier molecular flexibility index (Phi) is 11.2. The molecule has 13 N–H and O–H groups in total. The van der Waals surface area contributed by atoms with Gasteiger partial charge in [0.1, 0.15) is 0 Å². The van der Waals surface area contributed by atoms with E-state index >= 15 is 0 Å². The minimum absolute atomic E-state index is 0. The fourth-order valence-corrected chi connectivity index (χ4v) is 5.85. The van der Waals surface area contributed by atoms with Gasteiger partial charge in [0.15, 0.2) is 0 Å². The van der Waals surface area contributed by atoms with Crippen LogP contribution in [-0.4, -0.2) is 41.1 Å². The summed E-state index contributed by atoms with van der Waals surface area (Å²) in [6.07, 6.45) is 7.36. The van der Waals surface area contributed by atoms with Gasteiger partial charge in [0.25, 0.3) is 0 Å². The van der Waals surface area contributed by atoms with Crippen LogP contribution in [0.25, 0.3) is 32.3 Å². The molecule has 2 aliphatic rings. The van der Waals surface area contributed by atoms with Gasteiger partial charge in [-0.3, -0.25) is 0 Å². The van der Waals surface area contributed by atoms with Gasteiger partial charge in [-0.2, -0.15) is 15.0 Å². The van der Waals surface area contributed by atoms with E-state index in [9.17, 15) is 0 Å². The number of hydrogen-bond donors (Lipinski definition) is 5. The molecular formula is C29H51ClN10. The SMILES string of the molecule is Cl.N.N.N.N.[HH].[HH].[HH].[HH].c1cc2ccc3ccc(Nc4nc(N5CCCCC5)nc(N5CCCCC5)n4)c4ccc(c1)c2c34. The van der Waals surface area contributed by atoms with Crippen LogP contribution < -0.4 is 39.7 Å². The molecule has 4 aromatic carbocycles. The van der Waals surface area contributed by atoms with Crippen LogP contribution >= 0.6 is 12.4 Å². The summed E-state index contributed by atoms with van der Waals surface area (Å²) in [5.74, 6) is 2.25. The van der Waals surface area contributed by atoms with Gasteiger partial charge >= 0.3 is 0 Å². The molecule has 11 heteroatoms. The predicted octanol–water partition coefficient (Wildman–Crippen LogP) is 8.55. The molecule has 0 amide bonds. The Labute approximate surface area is 248 Å². The number of benzene rings is 4. The van der Waals surface area contributed by atoms with Crippen molar-refractivity contribution in [3.05, 3.63) is 54.6 Å². The van der Waals surface area contributed by atoms with Crippen LogP contribution in [0.5, 0.6) is 0 Å². The summed E-state index contributed by atoms with van der Waals surface area (Å²) in [5, 5.41) is 11.2. The molecule has 40 heavy (non-hydrogen) atoms. The van der Waals surface area contributed by atoms with Gasteiger partial charge in [-0.1, -0.05) is 48.5 Å². The Bertz CT molecular complexity index is 1480. The lowest BCUT2D eigenvalue weighted by Gasteiger charge is -2.30. The van der Waals surface area contributed by atoms with E-state index in [1.165, 1.54) is 70.8 Å². The van der Waals surface area contributed by atoms with Crippen molar-refractivity contribution < 1.29 is 5.71 Å². The highest BCUT2D eigenvalue weighted by atomic mass is 35.5. The molecule has 0 radical (unpaired) electrons. The molecule has 3 heterocycles. The van der Waals surface area contributed by atoms with Crippen molar-refractivity contribution in [2.24, 2.45) is 0 Å². The van der Waals surface area contributed by atoms with Gasteiger partial charge in [0, 0.05) is 43.0 Å². The lowest BCUT2D eigenvalue weighted by Crippen LogP contribution is -2.34. The number of anilines is 4. The Morgan fingerprint density at radius 3 is 1.57 bits per heavy atom. The largest absolute Gasteiger partial charge is 0.344 e. The van der Waals surface area contributed by atoms with E-state index in [4.69, 9.17) is 15.0 Å². The number of rotatable bonds is 4.